The van der Waals surface area contributed by atoms with Crippen molar-refractivity contribution in [3.8, 4) is 0 Å². The van der Waals surface area contributed by atoms with Gasteiger partial charge in [0.05, 0.1) is 23.7 Å². The summed E-state index contributed by atoms with van der Waals surface area (Å²) in [7, 11) is -4.14. The van der Waals surface area contributed by atoms with E-state index in [-0.39, 0.29) is 12.6 Å². The van der Waals surface area contributed by atoms with E-state index < -0.39 is 26.7 Å². The SMILES string of the molecule is O=S(=O)(NCC(c1cccc(Cl)c1)N1CCOCC1)c1cccc(C(F)(F)F)c1. The molecule has 10 heteroatoms. The van der Waals surface area contributed by atoms with Crippen LogP contribution in [0.4, 0.5) is 13.2 Å². The number of hydrogen-bond acceptors (Lipinski definition) is 4. The first-order valence-electron chi connectivity index (χ1n) is 8.91. The number of nitrogens with zero attached hydrogens (tertiary/aromatic N) is 1. The van der Waals surface area contributed by atoms with Crippen LogP contribution >= 0.6 is 11.6 Å². The summed E-state index contributed by atoms with van der Waals surface area (Å²) < 4.78 is 71.9. The Morgan fingerprint density at radius 3 is 2.45 bits per heavy atom. The van der Waals surface area contributed by atoms with Crippen LogP contribution in [-0.4, -0.2) is 46.2 Å². The average Bonchev–Trinajstić information content (AvgIpc) is 2.68. The van der Waals surface area contributed by atoms with E-state index >= 15 is 0 Å². The lowest BCUT2D eigenvalue weighted by Crippen LogP contribution is -2.43. The van der Waals surface area contributed by atoms with Gasteiger partial charge in [-0.15, -0.1) is 0 Å². The van der Waals surface area contributed by atoms with E-state index in [9.17, 15) is 21.6 Å². The third kappa shape index (κ3) is 5.70. The first-order valence-corrected chi connectivity index (χ1v) is 10.8. The maximum atomic E-state index is 12.9. The van der Waals surface area contributed by atoms with Gasteiger partial charge in [-0.3, -0.25) is 4.90 Å². The number of hydrogen-bond donors (Lipinski definition) is 1. The molecule has 2 aromatic carbocycles. The molecular weight excluding hydrogens is 429 g/mol. The summed E-state index contributed by atoms with van der Waals surface area (Å²) in [6.07, 6.45) is -4.62. The molecule has 0 amide bonds. The molecule has 3 rings (SSSR count). The first kappa shape index (κ1) is 22.0. The minimum atomic E-state index is -4.62. The quantitative estimate of drug-likeness (QED) is 0.732. The molecule has 1 saturated heterocycles. The van der Waals surface area contributed by atoms with E-state index in [4.69, 9.17) is 16.3 Å². The second-order valence-electron chi connectivity index (χ2n) is 6.60. The van der Waals surface area contributed by atoms with E-state index in [0.717, 1.165) is 23.8 Å². The van der Waals surface area contributed by atoms with Gasteiger partial charge >= 0.3 is 6.18 Å². The molecule has 0 spiro atoms. The smallest absolute Gasteiger partial charge is 0.379 e. The van der Waals surface area contributed by atoms with Crippen LogP contribution in [0.2, 0.25) is 5.02 Å². The summed E-state index contributed by atoms with van der Waals surface area (Å²) in [5, 5.41) is 0.515. The molecule has 1 aliphatic heterocycles. The van der Waals surface area contributed by atoms with Crippen molar-refractivity contribution >= 4 is 21.6 Å². The van der Waals surface area contributed by atoms with Gasteiger partial charge in [-0.1, -0.05) is 29.8 Å². The third-order valence-corrected chi connectivity index (χ3v) is 6.31. The van der Waals surface area contributed by atoms with Crippen LogP contribution in [-0.2, 0) is 20.9 Å². The molecule has 0 saturated carbocycles. The number of ether oxygens (including phenoxy) is 1. The summed E-state index contributed by atoms with van der Waals surface area (Å²) in [6.45, 7) is 2.21. The molecule has 2 aromatic rings. The zero-order chi connectivity index (χ0) is 21.1. The summed E-state index contributed by atoms with van der Waals surface area (Å²) in [4.78, 5) is 1.63. The van der Waals surface area contributed by atoms with Gasteiger partial charge < -0.3 is 4.74 Å². The lowest BCUT2D eigenvalue weighted by atomic mass is 10.1. The van der Waals surface area contributed by atoms with E-state index in [1.807, 2.05) is 6.07 Å². The number of morpholine rings is 1. The fourth-order valence-corrected chi connectivity index (χ4v) is 4.45. The lowest BCUT2D eigenvalue weighted by Gasteiger charge is -2.35. The average molecular weight is 449 g/mol. The maximum Gasteiger partial charge on any atom is 0.416 e. The second kappa shape index (κ2) is 9.01. The molecule has 0 aliphatic carbocycles. The molecular formula is C19H20ClF3N2O3S. The van der Waals surface area contributed by atoms with Crippen LogP contribution in [0.5, 0.6) is 0 Å². The number of alkyl halides is 3. The van der Waals surface area contributed by atoms with E-state index in [2.05, 4.69) is 9.62 Å². The minimum Gasteiger partial charge on any atom is -0.379 e. The Morgan fingerprint density at radius 1 is 1.10 bits per heavy atom. The van der Waals surface area contributed by atoms with Crippen LogP contribution in [0.3, 0.4) is 0 Å². The van der Waals surface area contributed by atoms with Crippen LogP contribution in [0, 0.1) is 0 Å². The third-order valence-electron chi connectivity index (χ3n) is 4.66. The van der Waals surface area contributed by atoms with Crippen molar-refractivity contribution in [3.05, 3.63) is 64.7 Å². The summed E-state index contributed by atoms with van der Waals surface area (Å²) in [5.41, 5.74) is -0.203. The fraction of sp³-hybridized carbons (Fsp3) is 0.368. The van der Waals surface area contributed by atoms with Crippen LogP contribution in [0.15, 0.2) is 53.4 Å². The highest BCUT2D eigenvalue weighted by molar-refractivity contribution is 7.89. The van der Waals surface area contributed by atoms with Gasteiger partial charge in [0.2, 0.25) is 10.0 Å². The molecule has 1 atom stereocenters. The maximum absolute atomic E-state index is 12.9. The topological polar surface area (TPSA) is 58.6 Å². The molecule has 0 aromatic heterocycles. The Kier molecular flexibility index (Phi) is 6.85. The number of sulfonamides is 1. The Morgan fingerprint density at radius 2 is 1.79 bits per heavy atom. The Hall–Kier alpha value is -1.65. The Bertz CT molecular complexity index is 948. The Labute approximate surface area is 172 Å². The highest BCUT2D eigenvalue weighted by Gasteiger charge is 2.32. The first-order chi connectivity index (χ1) is 13.7. The highest BCUT2D eigenvalue weighted by atomic mass is 35.5. The van der Waals surface area contributed by atoms with Gasteiger partial charge in [-0.2, -0.15) is 13.2 Å². The van der Waals surface area contributed by atoms with Crippen molar-refractivity contribution in [3.63, 3.8) is 0 Å². The minimum absolute atomic E-state index is 0.0150. The summed E-state index contributed by atoms with van der Waals surface area (Å²) in [5.74, 6) is 0. The molecule has 1 aliphatic rings. The predicted octanol–water partition coefficient (Wildman–Crippen LogP) is 3.71. The molecule has 1 fully saturated rings. The number of nitrogens with one attached hydrogen (secondary N) is 1. The molecule has 1 unspecified atom stereocenters. The zero-order valence-corrected chi connectivity index (χ0v) is 16.9. The molecule has 158 valence electrons. The normalized spacial score (nSPS) is 17.2. The van der Waals surface area contributed by atoms with Crippen molar-refractivity contribution in [2.45, 2.75) is 17.1 Å². The highest BCUT2D eigenvalue weighted by Crippen LogP contribution is 2.30. The molecule has 29 heavy (non-hydrogen) atoms. The van der Waals surface area contributed by atoms with Crippen LogP contribution in [0.25, 0.3) is 0 Å². The monoisotopic (exact) mass is 448 g/mol. The molecule has 1 heterocycles. The summed E-state index contributed by atoms with van der Waals surface area (Å²) in [6, 6.07) is 10.4. The van der Waals surface area contributed by atoms with Crippen molar-refractivity contribution in [1.29, 1.82) is 0 Å². The van der Waals surface area contributed by atoms with Crippen LogP contribution < -0.4 is 4.72 Å². The fourth-order valence-electron chi connectivity index (χ4n) is 3.17. The molecule has 1 N–H and O–H groups in total. The van der Waals surface area contributed by atoms with Crippen LogP contribution in [0.1, 0.15) is 17.2 Å². The largest absolute Gasteiger partial charge is 0.416 e. The van der Waals surface area contributed by atoms with Gasteiger partial charge in [0.1, 0.15) is 0 Å². The lowest BCUT2D eigenvalue weighted by molar-refractivity contribution is -0.137. The van der Waals surface area contributed by atoms with Crippen molar-refractivity contribution in [1.82, 2.24) is 9.62 Å². The number of benzene rings is 2. The summed E-state index contributed by atoms with van der Waals surface area (Å²) >= 11 is 6.09. The predicted molar refractivity (Wildman–Crippen MR) is 103 cm³/mol. The van der Waals surface area contributed by atoms with Gasteiger partial charge in [0.25, 0.3) is 0 Å². The van der Waals surface area contributed by atoms with E-state index in [0.29, 0.717) is 37.4 Å². The van der Waals surface area contributed by atoms with Gasteiger partial charge in [0.15, 0.2) is 0 Å². The van der Waals surface area contributed by atoms with E-state index in [1.165, 1.54) is 0 Å². The van der Waals surface area contributed by atoms with Crippen molar-refractivity contribution in [2.24, 2.45) is 0 Å². The second-order valence-corrected chi connectivity index (χ2v) is 8.80. The van der Waals surface area contributed by atoms with E-state index in [1.54, 1.807) is 18.2 Å². The molecule has 0 bridgehead atoms. The number of halogens is 4. The van der Waals surface area contributed by atoms with Gasteiger partial charge in [-0.05, 0) is 35.9 Å². The van der Waals surface area contributed by atoms with Gasteiger partial charge in [-0.25, -0.2) is 13.1 Å². The zero-order valence-electron chi connectivity index (χ0n) is 15.3. The standard InChI is InChI=1S/C19H20ClF3N2O3S/c20-16-5-1-3-14(11-16)18(25-7-9-28-10-8-25)13-24-29(26,27)17-6-2-4-15(12-17)19(21,22)23/h1-6,11-12,18,24H,7-10,13H2. The van der Waals surface area contributed by atoms with Crippen molar-refractivity contribution < 1.29 is 26.3 Å². The van der Waals surface area contributed by atoms with Crippen molar-refractivity contribution in [2.75, 3.05) is 32.8 Å². The molecule has 5 nitrogen and oxygen atoms in total. The molecule has 0 radical (unpaired) electrons. The number of rotatable bonds is 6. The Balaban J connectivity index is 1.83. The van der Waals surface area contributed by atoms with Gasteiger partial charge in [0, 0.05) is 30.7 Å².